The van der Waals surface area contributed by atoms with E-state index in [1.54, 1.807) is 6.20 Å². The van der Waals surface area contributed by atoms with Crippen LogP contribution in [0.3, 0.4) is 0 Å². The van der Waals surface area contributed by atoms with Crippen LogP contribution in [0, 0.1) is 0 Å². The van der Waals surface area contributed by atoms with Gasteiger partial charge >= 0.3 is 0 Å². The van der Waals surface area contributed by atoms with E-state index in [0.717, 1.165) is 10.4 Å². The van der Waals surface area contributed by atoms with Crippen molar-refractivity contribution in [2.45, 2.75) is 25.7 Å². The Labute approximate surface area is 116 Å². The topological polar surface area (TPSA) is 54.7 Å². The minimum absolute atomic E-state index is 0.123. The first-order valence-electron chi connectivity index (χ1n) is 6.12. The van der Waals surface area contributed by atoms with Gasteiger partial charge in [0.1, 0.15) is 10.4 Å². The van der Waals surface area contributed by atoms with E-state index >= 15 is 0 Å². The van der Waals surface area contributed by atoms with E-state index in [2.05, 4.69) is 64.0 Å². The Hall–Kier alpha value is -1.13. The Morgan fingerprint density at radius 1 is 1.22 bits per heavy atom. The molecule has 0 aliphatic heterocycles. The first-order chi connectivity index (χ1) is 8.61. The zero-order chi connectivity index (χ0) is 13.1. The van der Waals surface area contributed by atoms with Crippen molar-refractivity contribution in [3.8, 4) is 0 Å². The van der Waals surface area contributed by atoms with Crippen molar-refractivity contribution in [1.82, 2.24) is 9.97 Å². The molecule has 2 aromatic rings. The highest BCUT2D eigenvalue weighted by atomic mass is 79.9. The number of aromatic nitrogens is 2. The first kappa shape index (κ1) is 13.3. The summed E-state index contributed by atoms with van der Waals surface area (Å²) in [5.41, 5.74) is 8.41. The maximum absolute atomic E-state index is 5.87. The van der Waals surface area contributed by atoms with Crippen molar-refractivity contribution < 1.29 is 0 Å². The Kier molecular flexibility index (Phi) is 4.19. The summed E-state index contributed by atoms with van der Waals surface area (Å²) in [7, 11) is 0. The van der Waals surface area contributed by atoms with E-state index in [0.29, 0.717) is 12.5 Å². The molecule has 3 nitrogen and oxygen atoms in total. The lowest BCUT2D eigenvalue weighted by atomic mass is 9.95. The summed E-state index contributed by atoms with van der Waals surface area (Å²) in [6.07, 6.45) is 1.76. The van der Waals surface area contributed by atoms with Crippen molar-refractivity contribution in [2.24, 2.45) is 5.73 Å². The van der Waals surface area contributed by atoms with Gasteiger partial charge in [-0.3, -0.25) is 0 Å². The van der Waals surface area contributed by atoms with Crippen molar-refractivity contribution >= 4 is 15.9 Å². The van der Waals surface area contributed by atoms with Gasteiger partial charge in [0.2, 0.25) is 0 Å². The lowest BCUT2D eigenvalue weighted by molar-refractivity contribution is 0.761. The van der Waals surface area contributed by atoms with Gasteiger partial charge in [0.15, 0.2) is 0 Å². The molecule has 0 amide bonds. The average molecular weight is 308 g/mol. The lowest BCUT2D eigenvalue weighted by Gasteiger charge is -2.14. The average Bonchev–Trinajstić information content (AvgIpc) is 2.77. The second-order valence-electron chi connectivity index (χ2n) is 4.73. The third kappa shape index (κ3) is 2.82. The number of imidazole rings is 1. The van der Waals surface area contributed by atoms with Crippen LogP contribution in [0.1, 0.15) is 42.6 Å². The smallest absolute Gasteiger partial charge is 0.115 e. The molecule has 1 aromatic heterocycles. The van der Waals surface area contributed by atoms with Crippen LogP contribution in [0.15, 0.2) is 35.1 Å². The maximum atomic E-state index is 5.87. The molecule has 1 aromatic carbocycles. The molecular formula is C14H18BrN3. The highest BCUT2D eigenvalue weighted by Gasteiger charge is 2.15. The number of halogens is 1. The molecule has 1 heterocycles. The lowest BCUT2D eigenvalue weighted by Crippen LogP contribution is -2.15. The van der Waals surface area contributed by atoms with E-state index in [9.17, 15) is 0 Å². The molecule has 1 unspecified atom stereocenters. The van der Waals surface area contributed by atoms with Crippen LogP contribution in [-0.2, 0) is 0 Å². The normalized spacial score (nSPS) is 12.9. The number of hydrogen-bond donors (Lipinski definition) is 2. The molecule has 0 bridgehead atoms. The largest absolute Gasteiger partial charge is 0.336 e. The van der Waals surface area contributed by atoms with Crippen molar-refractivity contribution in [1.29, 1.82) is 0 Å². The van der Waals surface area contributed by atoms with Crippen LogP contribution in [0.25, 0.3) is 0 Å². The van der Waals surface area contributed by atoms with E-state index in [1.165, 1.54) is 11.1 Å². The summed E-state index contributed by atoms with van der Waals surface area (Å²) in [4.78, 5) is 7.53. The van der Waals surface area contributed by atoms with Gasteiger partial charge in [0.25, 0.3) is 0 Å². The standard InChI is InChI=1S/C14H18BrN3/c1-9(2)10-3-5-11(6-4-10)12(7-16)14-17-8-13(15)18-14/h3-6,8-9,12H,7,16H2,1-2H3,(H,17,18). The summed E-state index contributed by atoms with van der Waals surface area (Å²) in [6.45, 7) is 4.93. The molecule has 1 atom stereocenters. The molecule has 0 aliphatic rings. The van der Waals surface area contributed by atoms with E-state index < -0.39 is 0 Å². The molecule has 18 heavy (non-hydrogen) atoms. The monoisotopic (exact) mass is 307 g/mol. The fourth-order valence-corrected chi connectivity index (χ4v) is 2.31. The van der Waals surface area contributed by atoms with Gasteiger partial charge in [0.05, 0.1) is 12.1 Å². The summed E-state index contributed by atoms with van der Waals surface area (Å²) in [6, 6.07) is 8.62. The zero-order valence-corrected chi connectivity index (χ0v) is 12.2. The molecular weight excluding hydrogens is 290 g/mol. The summed E-state index contributed by atoms with van der Waals surface area (Å²) in [5, 5.41) is 0. The summed E-state index contributed by atoms with van der Waals surface area (Å²) in [5.74, 6) is 1.58. The van der Waals surface area contributed by atoms with Gasteiger partial charge < -0.3 is 10.7 Å². The molecule has 0 spiro atoms. The van der Waals surface area contributed by atoms with Gasteiger partial charge in [-0.2, -0.15) is 0 Å². The van der Waals surface area contributed by atoms with Gasteiger partial charge in [-0.1, -0.05) is 38.1 Å². The second kappa shape index (κ2) is 5.67. The fourth-order valence-electron chi connectivity index (χ4n) is 2.01. The first-order valence-corrected chi connectivity index (χ1v) is 6.91. The van der Waals surface area contributed by atoms with Crippen LogP contribution in [0.5, 0.6) is 0 Å². The number of nitrogens with two attached hydrogens (primary N) is 1. The predicted octanol–water partition coefficient (Wildman–Crippen LogP) is 3.39. The Morgan fingerprint density at radius 3 is 2.28 bits per heavy atom. The highest BCUT2D eigenvalue weighted by molar-refractivity contribution is 9.10. The molecule has 4 heteroatoms. The molecule has 0 saturated heterocycles. The zero-order valence-electron chi connectivity index (χ0n) is 10.7. The molecule has 96 valence electrons. The number of rotatable bonds is 4. The number of hydrogen-bond acceptors (Lipinski definition) is 2. The van der Waals surface area contributed by atoms with Crippen LogP contribution in [0.2, 0.25) is 0 Å². The molecule has 0 radical (unpaired) electrons. The van der Waals surface area contributed by atoms with Gasteiger partial charge in [-0.15, -0.1) is 0 Å². The van der Waals surface area contributed by atoms with Crippen LogP contribution < -0.4 is 5.73 Å². The molecule has 0 saturated carbocycles. The third-order valence-electron chi connectivity index (χ3n) is 3.14. The second-order valence-corrected chi connectivity index (χ2v) is 5.58. The Bertz CT molecular complexity index is 502. The van der Waals surface area contributed by atoms with Crippen LogP contribution in [-0.4, -0.2) is 16.5 Å². The summed E-state index contributed by atoms with van der Waals surface area (Å²) >= 11 is 3.37. The predicted molar refractivity (Wildman–Crippen MR) is 77.7 cm³/mol. The van der Waals surface area contributed by atoms with Gasteiger partial charge in [-0.25, -0.2) is 4.98 Å². The number of nitrogens with zero attached hydrogens (tertiary/aromatic N) is 1. The van der Waals surface area contributed by atoms with E-state index in [-0.39, 0.29) is 5.92 Å². The van der Waals surface area contributed by atoms with E-state index in [1.807, 2.05) is 0 Å². The van der Waals surface area contributed by atoms with E-state index in [4.69, 9.17) is 5.73 Å². The van der Waals surface area contributed by atoms with Gasteiger partial charge in [0, 0.05) is 6.54 Å². The minimum atomic E-state index is 0.123. The molecule has 3 N–H and O–H groups in total. The van der Waals surface area contributed by atoms with Crippen molar-refractivity contribution in [2.75, 3.05) is 6.54 Å². The molecule has 0 aliphatic carbocycles. The summed E-state index contributed by atoms with van der Waals surface area (Å²) < 4.78 is 0.884. The minimum Gasteiger partial charge on any atom is -0.336 e. The quantitative estimate of drug-likeness (QED) is 0.909. The Balaban J connectivity index is 2.28. The maximum Gasteiger partial charge on any atom is 0.115 e. The molecule has 0 fully saturated rings. The SMILES string of the molecule is CC(C)c1ccc(C(CN)c2ncc(Br)[nH]2)cc1. The number of nitrogens with one attached hydrogen (secondary N) is 1. The number of H-pyrrole nitrogens is 1. The fraction of sp³-hybridized carbons (Fsp3) is 0.357. The Morgan fingerprint density at radius 2 is 1.83 bits per heavy atom. The highest BCUT2D eigenvalue weighted by Crippen LogP contribution is 2.24. The third-order valence-corrected chi connectivity index (χ3v) is 3.54. The molecule has 2 rings (SSSR count). The number of benzene rings is 1. The van der Waals surface area contributed by atoms with Crippen LogP contribution >= 0.6 is 15.9 Å². The number of aromatic amines is 1. The van der Waals surface area contributed by atoms with Crippen molar-refractivity contribution in [3.05, 3.63) is 52.0 Å². The van der Waals surface area contributed by atoms with Crippen LogP contribution in [0.4, 0.5) is 0 Å². The van der Waals surface area contributed by atoms with Crippen molar-refractivity contribution in [3.63, 3.8) is 0 Å². The van der Waals surface area contributed by atoms with Gasteiger partial charge in [-0.05, 0) is 33.0 Å².